The minimum Gasteiger partial charge on any atom is -0.0651 e. The molecule has 0 spiro atoms. The molecular formula is C30H34. The molecule has 0 radical (unpaired) electrons. The van der Waals surface area contributed by atoms with Crippen LogP contribution in [-0.4, -0.2) is 0 Å². The Labute approximate surface area is 180 Å². The first kappa shape index (κ1) is 19.6. The van der Waals surface area contributed by atoms with Gasteiger partial charge in [0.25, 0.3) is 0 Å². The van der Waals surface area contributed by atoms with Gasteiger partial charge in [0, 0.05) is 0 Å². The van der Waals surface area contributed by atoms with E-state index in [-0.39, 0.29) is 0 Å². The summed E-state index contributed by atoms with van der Waals surface area (Å²) in [5.41, 5.74) is 6.52. The molecule has 0 atom stereocenters. The molecule has 0 aliphatic carbocycles. The monoisotopic (exact) mass is 394 g/mol. The molecule has 0 bridgehead atoms. The Balaban J connectivity index is 2.07. The lowest BCUT2D eigenvalue weighted by Gasteiger charge is -2.10. The summed E-state index contributed by atoms with van der Waals surface area (Å²) in [6.07, 6.45) is 9.61. The Morgan fingerprint density at radius 3 is 1.10 bits per heavy atom. The van der Waals surface area contributed by atoms with Crippen LogP contribution in [0, 0.1) is 0 Å². The van der Waals surface area contributed by atoms with E-state index in [1.165, 1.54) is 72.9 Å². The van der Waals surface area contributed by atoms with Gasteiger partial charge in [0.15, 0.2) is 0 Å². The van der Waals surface area contributed by atoms with Crippen molar-refractivity contribution in [2.24, 2.45) is 0 Å². The minimum absolute atomic E-state index is 1.19. The third-order valence-electron chi connectivity index (χ3n) is 7.15. The van der Waals surface area contributed by atoms with Crippen LogP contribution in [0.1, 0.15) is 75.6 Å². The van der Waals surface area contributed by atoms with E-state index in [9.17, 15) is 0 Å². The highest BCUT2D eigenvalue weighted by molar-refractivity contribution is 6.37. The summed E-state index contributed by atoms with van der Waals surface area (Å²) in [6, 6.07) is 14.3. The zero-order valence-electron chi connectivity index (χ0n) is 19.1. The van der Waals surface area contributed by atoms with Crippen molar-refractivity contribution in [3.05, 3.63) is 58.7 Å². The molecule has 5 aromatic rings. The molecular weight excluding hydrogens is 360 g/mol. The lowest BCUT2D eigenvalue weighted by molar-refractivity contribution is 0.878. The van der Waals surface area contributed by atoms with Crippen LogP contribution < -0.4 is 0 Å². The second-order valence-electron chi connectivity index (χ2n) is 9.12. The summed E-state index contributed by atoms with van der Waals surface area (Å²) in [5, 5.41) is 12.3. The van der Waals surface area contributed by atoms with Gasteiger partial charge in [0.2, 0.25) is 0 Å². The molecule has 0 nitrogen and oxygen atoms in total. The molecule has 0 N–H and O–H groups in total. The topological polar surface area (TPSA) is 0 Å². The van der Waals surface area contributed by atoms with Gasteiger partial charge in [-0.25, -0.2) is 0 Å². The smallest absolute Gasteiger partial charge is 0.00205 e. The van der Waals surface area contributed by atoms with E-state index >= 15 is 0 Å². The fourth-order valence-electron chi connectivity index (χ4n) is 6.21. The van der Waals surface area contributed by atoms with Crippen molar-refractivity contribution >= 4 is 43.1 Å². The standard InChI is InChI=1S/C30H34/c1-5-11-19-21(13-7-3)27-25-18-10-16-24-20(12-6-2)22(14-8-4)28(30(24)25)26-17-9-15-23(19)29(26)27/h9-10,15-18H,5-8,11-14H2,1-4H3. The molecule has 0 heterocycles. The van der Waals surface area contributed by atoms with E-state index in [0.717, 1.165) is 0 Å². The van der Waals surface area contributed by atoms with Gasteiger partial charge in [0.1, 0.15) is 0 Å². The Morgan fingerprint density at radius 1 is 0.400 bits per heavy atom. The molecule has 0 unspecified atom stereocenters. The van der Waals surface area contributed by atoms with Gasteiger partial charge in [-0.3, -0.25) is 0 Å². The Kier molecular flexibility index (Phi) is 5.05. The van der Waals surface area contributed by atoms with Gasteiger partial charge in [-0.2, -0.15) is 0 Å². The first-order chi connectivity index (χ1) is 14.8. The van der Waals surface area contributed by atoms with Crippen molar-refractivity contribution in [3.63, 3.8) is 0 Å². The highest BCUT2D eigenvalue weighted by atomic mass is 14.3. The number of hydrogen-bond donors (Lipinski definition) is 0. The largest absolute Gasteiger partial charge is 0.0651 e. The van der Waals surface area contributed by atoms with Crippen LogP contribution in [0.15, 0.2) is 36.4 Å². The van der Waals surface area contributed by atoms with Gasteiger partial charge in [-0.1, -0.05) is 89.8 Å². The van der Waals surface area contributed by atoms with Crippen LogP contribution in [0.25, 0.3) is 43.1 Å². The molecule has 0 amide bonds. The fourth-order valence-corrected chi connectivity index (χ4v) is 6.21. The van der Waals surface area contributed by atoms with Crippen LogP contribution in [0.4, 0.5) is 0 Å². The maximum Gasteiger partial charge on any atom is -0.00205 e. The number of fused-ring (bicyclic) bond motifs is 2. The molecule has 0 saturated carbocycles. The van der Waals surface area contributed by atoms with Crippen molar-refractivity contribution in [2.75, 3.05) is 0 Å². The van der Waals surface area contributed by atoms with Gasteiger partial charge >= 0.3 is 0 Å². The summed E-state index contributed by atoms with van der Waals surface area (Å²) < 4.78 is 0. The van der Waals surface area contributed by atoms with E-state index < -0.39 is 0 Å². The second kappa shape index (κ2) is 7.73. The van der Waals surface area contributed by atoms with Crippen molar-refractivity contribution in [2.45, 2.75) is 79.1 Å². The van der Waals surface area contributed by atoms with Gasteiger partial charge in [0.05, 0.1) is 0 Å². The zero-order valence-corrected chi connectivity index (χ0v) is 19.1. The average molecular weight is 395 g/mol. The maximum absolute atomic E-state index is 2.41. The van der Waals surface area contributed by atoms with Gasteiger partial charge in [-0.05, 0) is 91.0 Å². The Morgan fingerprint density at radius 2 is 0.733 bits per heavy atom. The third-order valence-corrected chi connectivity index (χ3v) is 7.15. The van der Waals surface area contributed by atoms with Gasteiger partial charge < -0.3 is 0 Å². The molecule has 0 saturated heterocycles. The van der Waals surface area contributed by atoms with Crippen molar-refractivity contribution in [1.82, 2.24) is 0 Å². The first-order valence-electron chi connectivity index (χ1n) is 12.2. The third kappa shape index (κ3) is 2.59. The van der Waals surface area contributed by atoms with Crippen LogP contribution in [0.5, 0.6) is 0 Å². The summed E-state index contributed by atoms with van der Waals surface area (Å²) in [5.74, 6) is 0. The molecule has 30 heavy (non-hydrogen) atoms. The normalized spacial score (nSPS) is 12.4. The fraction of sp³-hybridized carbons (Fsp3) is 0.400. The molecule has 154 valence electrons. The lowest BCUT2D eigenvalue weighted by atomic mass is 9.93. The quantitative estimate of drug-likeness (QED) is 0.230. The van der Waals surface area contributed by atoms with Crippen molar-refractivity contribution < 1.29 is 0 Å². The van der Waals surface area contributed by atoms with Gasteiger partial charge in [-0.15, -0.1) is 0 Å². The van der Waals surface area contributed by atoms with Crippen LogP contribution in [0.2, 0.25) is 0 Å². The highest BCUT2D eigenvalue weighted by Gasteiger charge is 2.25. The summed E-state index contributed by atoms with van der Waals surface area (Å²) in [7, 11) is 0. The van der Waals surface area contributed by atoms with E-state index in [2.05, 4.69) is 64.1 Å². The molecule has 0 aliphatic rings. The van der Waals surface area contributed by atoms with E-state index in [1.54, 1.807) is 43.8 Å². The summed E-state index contributed by atoms with van der Waals surface area (Å²) in [6.45, 7) is 9.31. The second-order valence-corrected chi connectivity index (χ2v) is 9.12. The van der Waals surface area contributed by atoms with E-state index in [1.807, 2.05) is 0 Å². The number of rotatable bonds is 8. The predicted octanol–water partition coefficient (Wildman–Crippen LogP) is 8.98. The minimum atomic E-state index is 1.19. The van der Waals surface area contributed by atoms with Crippen LogP contribution in [-0.2, 0) is 25.7 Å². The van der Waals surface area contributed by atoms with E-state index in [4.69, 9.17) is 0 Å². The lowest BCUT2D eigenvalue weighted by Crippen LogP contribution is -1.90. The highest BCUT2D eigenvalue weighted by Crippen LogP contribution is 2.49. The zero-order chi connectivity index (χ0) is 20.8. The molecule has 5 aromatic carbocycles. The molecule has 0 aliphatic heterocycles. The van der Waals surface area contributed by atoms with Crippen molar-refractivity contribution in [3.8, 4) is 0 Å². The number of hydrogen-bond acceptors (Lipinski definition) is 0. The first-order valence-corrected chi connectivity index (χ1v) is 12.2. The molecule has 0 aromatic heterocycles. The van der Waals surface area contributed by atoms with E-state index in [0.29, 0.717) is 0 Å². The molecule has 0 fully saturated rings. The summed E-state index contributed by atoms with van der Waals surface area (Å²) >= 11 is 0. The number of benzene rings is 3. The van der Waals surface area contributed by atoms with Crippen LogP contribution in [0.3, 0.4) is 0 Å². The Hall–Kier alpha value is -2.34. The predicted molar refractivity (Wildman–Crippen MR) is 135 cm³/mol. The maximum atomic E-state index is 2.41. The molecule has 0 heteroatoms. The van der Waals surface area contributed by atoms with Crippen LogP contribution >= 0.6 is 0 Å². The SMILES string of the molecule is CCCc1c(CCC)c2c3cccc4c(CCC)c(CCC)c(c5cccc1c52)c43. The Bertz CT molecular complexity index is 1220. The average Bonchev–Trinajstić information content (AvgIpc) is 3.23. The van der Waals surface area contributed by atoms with Crippen molar-refractivity contribution in [1.29, 1.82) is 0 Å². The summed E-state index contributed by atoms with van der Waals surface area (Å²) in [4.78, 5) is 0. The molecule has 5 rings (SSSR count). The number of aryl methyl sites for hydroxylation is 4.